The molecular weight excluding hydrogens is 258 g/mol. The number of nitrogens with two attached hydrogens (primary N) is 1. The lowest BCUT2D eigenvalue weighted by Crippen LogP contribution is -2.30. The highest BCUT2D eigenvalue weighted by molar-refractivity contribution is 6.58. The molecule has 0 bridgehead atoms. The van der Waals surface area contributed by atoms with Gasteiger partial charge in [0.15, 0.2) is 0 Å². The third-order valence-electron chi connectivity index (χ3n) is 2.06. The van der Waals surface area contributed by atoms with E-state index in [0.29, 0.717) is 18.6 Å². The van der Waals surface area contributed by atoms with Crippen molar-refractivity contribution in [3.05, 3.63) is 29.8 Å². The van der Waals surface area contributed by atoms with Crippen molar-refractivity contribution in [2.75, 3.05) is 13.1 Å². The third kappa shape index (κ3) is 5.88. The Hall–Kier alpha value is -1.28. The molecular formula is C10H16BClN2O4. The first-order valence-corrected chi connectivity index (χ1v) is 5.19. The third-order valence-corrected chi connectivity index (χ3v) is 2.06. The minimum absolute atomic E-state index is 0. The van der Waals surface area contributed by atoms with Crippen LogP contribution in [0, 0.1) is 0 Å². The van der Waals surface area contributed by atoms with E-state index >= 15 is 0 Å². The van der Waals surface area contributed by atoms with Gasteiger partial charge in [0, 0.05) is 13.1 Å². The molecule has 0 radical (unpaired) electrons. The average Bonchev–Trinajstić information content (AvgIpc) is 2.34. The molecule has 100 valence electrons. The molecule has 0 aliphatic heterocycles. The Morgan fingerprint density at radius 2 is 1.94 bits per heavy atom. The van der Waals surface area contributed by atoms with E-state index in [1.54, 1.807) is 24.3 Å². The van der Waals surface area contributed by atoms with Crippen molar-refractivity contribution in [2.45, 2.75) is 6.61 Å². The van der Waals surface area contributed by atoms with Crippen molar-refractivity contribution in [3.8, 4) is 0 Å². The summed E-state index contributed by atoms with van der Waals surface area (Å²) in [6.45, 7) is 0.852. The highest BCUT2D eigenvalue weighted by Gasteiger charge is 2.10. The van der Waals surface area contributed by atoms with Crippen LogP contribution in [0.4, 0.5) is 4.79 Å². The number of hydrogen-bond acceptors (Lipinski definition) is 5. The molecule has 0 saturated heterocycles. The summed E-state index contributed by atoms with van der Waals surface area (Å²) >= 11 is 0. The Morgan fingerprint density at radius 1 is 1.33 bits per heavy atom. The standard InChI is InChI=1S/C10H15BN2O4.ClH/c12-5-6-13-10(14)17-7-8-1-3-9(4-2-8)11(15)16;/h1-4,15-16H,5-7,12H2,(H,13,14);1H. The molecule has 1 amide bonds. The number of ether oxygens (including phenoxy) is 1. The van der Waals surface area contributed by atoms with Gasteiger partial charge in [-0.05, 0) is 11.0 Å². The van der Waals surface area contributed by atoms with E-state index in [0.717, 1.165) is 5.56 Å². The van der Waals surface area contributed by atoms with E-state index in [2.05, 4.69) is 5.32 Å². The quantitative estimate of drug-likeness (QED) is 0.514. The first kappa shape index (κ1) is 16.7. The van der Waals surface area contributed by atoms with Gasteiger partial charge < -0.3 is 25.8 Å². The molecule has 0 unspecified atom stereocenters. The number of hydrogen-bond donors (Lipinski definition) is 4. The van der Waals surface area contributed by atoms with Crippen LogP contribution in [0.5, 0.6) is 0 Å². The van der Waals surface area contributed by atoms with Gasteiger partial charge in [-0.1, -0.05) is 24.3 Å². The zero-order valence-electron chi connectivity index (χ0n) is 9.70. The zero-order valence-corrected chi connectivity index (χ0v) is 10.5. The van der Waals surface area contributed by atoms with E-state index in [1.165, 1.54) is 0 Å². The summed E-state index contributed by atoms with van der Waals surface area (Å²) in [6.07, 6.45) is -0.526. The van der Waals surface area contributed by atoms with Gasteiger partial charge in [0.05, 0.1) is 0 Å². The SMILES string of the molecule is Cl.NCCNC(=O)OCc1ccc(B(O)O)cc1. The molecule has 1 rings (SSSR count). The molecule has 1 aromatic rings. The summed E-state index contributed by atoms with van der Waals surface area (Å²) in [5.41, 5.74) is 6.36. The predicted octanol–water partition coefficient (Wildman–Crippen LogP) is -1.03. The first-order chi connectivity index (χ1) is 8.13. The van der Waals surface area contributed by atoms with Gasteiger partial charge in [-0.2, -0.15) is 0 Å². The van der Waals surface area contributed by atoms with Crippen LogP contribution in [-0.4, -0.2) is 36.3 Å². The summed E-state index contributed by atoms with van der Waals surface area (Å²) in [4.78, 5) is 11.1. The molecule has 6 nitrogen and oxygen atoms in total. The van der Waals surface area contributed by atoms with E-state index in [4.69, 9.17) is 20.5 Å². The fraction of sp³-hybridized carbons (Fsp3) is 0.300. The lowest BCUT2D eigenvalue weighted by Gasteiger charge is -2.06. The second-order valence-electron chi connectivity index (χ2n) is 3.41. The Bertz CT molecular complexity index is 361. The van der Waals surface area contributed by atoms with Crippen LogP contribution in [0.1, 0.15) is 5.56 Å². The van der Waals surface area contributed by atoms with Crippen LogP contribution < -0.4 is 16.5 Å². The molecule has 0 aromatic heterocycles. The van der Waals surface area contributed by atoms with E-state index in [1.807, 2.05) is 0 Å². The first-order valence-electron chi connectivity index (χ1n) is 5.19. The largest absolute Gasteiger partial charge is 0.488 e. The van der Waals surface area contributed by atoms with E-state index in [-0.39, 0.29) is 19.0 Å². The molecule has 0 spiro atoms. The van der Waals surface area contributed by atoms with Gasteiger partial charge in [-0.3, -0.25) is 0 Å². The highest BCUT2D eigenvalue weighted by atomic mass is 35.5. The normalized spacial score (nSPS) is 9.28. The molecule has 0 atom stereocenters. The number of carbonyl (C=O) groups is 1. The van der Waals surface area contributed by atoms with Crippen LogP contribution in [0.15, 0.2) is 24.3 Å². The van der Waals surface area contributed by atoms with Crippen molar-refractivity contribution in [2.24, 2.45) is 5.73 Å². The summed E-state index contributed by atoms with van der Waals surface area (Å²) in [6, 6.07) is 6.43. The van der Waals surface area contributed by atoms with Crippen molar-refractivity contribution in [1.82, 2.24) is 5.32 Å². The fourth-order valence-corrected chi connectivity index (χ4v) is 1.16. The van der Waals surface area contributed by atoms with E-state index in [9.17, 15) is 4.79 Å². The van der Waals surface area contributed by atoms with Crippen LogP contribution >= 0.6 is 12.4 Å². The number of halogens is 1. The smallest absolute Gasteiger partial charge is 0.445 e. The summed E-state index contributed by atoms with van der Waals surface area (Å²) in [7, 11) is -1.49. The molecule has 0 saturated carbocycles. The molecule has 18 heavy (non-hydrogen) atoms. The fourth-order valence-electron chi connectivity index (χ4n) is 1.16. The Balaban J connectivity index is 0.00000289. The van der Waals surface area contributed by atoms with E-state index < -0.39 is 13.2 Å². The number of nitrogens with one attached hydrogen (secondary N) is 1. The minimum atomic E-state index is -1.49. The second kappa shape index (κ2) is 8.76. The van der Waals surface area contributed by atoms with Gasteiger partial charge in [0.1, 0.15) is 6.61 Å². The predicted molar refractivity (Wildman–Crippen MR) is 70.8 cm³/mol. The summed E-state index contributed by atoms with van der Waals surface area (Å²) in [5.74, 6) is 0. The van der Waals surface area contributed by atoms with Gasteiger partial charge in [-0.25, -0.2) is 4.79 Å². The Kier molecular flexibility index (Phi) is 8.14. The van der Waals surface area contributed by atoms with Gasteiger partial charge in [-0.15, -0.1) is 12.4 Å². The molecule has 5 N–H and O–H groups in total. The van der Waals surface area contributed by atoms with Crippen LogP contribution in [0.2, 0.25) is 0 Å². The molecule has 8 heteroatoms. The monoisotopic (exact) mass is 274 g/mol. The Morgan fingerprint density at radius 3 is 2.44 bits per heavy atom. The molecule has 0 fully saturated rings. The average molecular weight is 275 g/mol. The van der Waals surface area contributed by atoms with Crippen molar-refractivity contribution >= 4 is 31.1 Å². The molecule has 0 aliphatic rings. The Labute approximate surface area is 112 Å². The van der Waals surface area contributed by atoms with Crippen molar-refractivity contribution in [3.63, 3.8) is 0 Å². The maximum absolute atomic E-state index is 11.1. The van der Waals surface area contributed by atoms with Crippen LogP contribution in [-0.2, 0) is 11.3 Å². The molecule has 0 aliphatic carbocycles. The maximum Gasteiger partial charge on any atom is 0.488 e. The number of carbonyl (C=O) groups excluding carboxylic acids is 1. The summed E-state index contributed by atoms with van der Waals surface area (Å²) in [5, 5.41) is 20.2. The maximum atomic E-state index is 11.1. The lowest BCUT2D eigenvalue weighted by atomic mass is 9.80. The summed E-state index contributed by atoms with van der Waals surface area (Å²) < 4.78 is 4.90. The highest BCUT2D eigenvalue weighted by Crippen LogP contribution is 1.99. The van der Waals surface area contributed by atoms with Crippen LogP contribution in [0.3, 0.4) is 0 Å². The van der Waals surface area contributed by atoms with Gasteiger partial charge >= 0.3 is 13.2 Å². The number of rotatable bonds is 5. The topological polar surface area (TPSA) is 105 Å². The van der Waals surface area contributed by atoms with Crippen LogP contribution in [0.25, 0.3) is 0 Å². The molecule has 0 heterocycles. The zero-order chi connectivity index (χ0) is 12.7. The second-order valence-corrected chi connectivity index (χ2v) is 3.41. The van der Waals surface area contributed by atoms with Gasteiger partial charge in [0.25, 0.3) is 0 Å². The number of benzene rings is 1. The number of alkyl carbamates (subject to hydrolysis) is 1. The minimum Gasteiger partial charge on any atom is -0.445 e. The van der Waals surface area contributed by atoms with Crippen molar-refractivity contribution < 1.29 is 19.6 Å². The molecule has 1 aromatic carbocycles. The number of amides is 1. The van der Waals surface area contributed by atoms with Crippen molar-refractivity contribution in [1.29, 1.82) is 0 Å². The lowest BCUT2D eigenvalue weighted by molar-refractivity contribution is 0.140. The van der Waals surface area contributed by atoms with Gasteiger partial charge in [0.2, 0.25) is 0 Å².